The minimum absolute atomic E-state index is 0.0919. The average Bonchev–Trinajstić information content (AvgIpc) is 1.96. The van der Waals surface area contributed by atoms with Gasteiger partial charge in [-0.2, -0.15) is 0 Å². The van der Waals surface area contributed by atoms with Crippen LogP contribution in [0.1, 0.15) is 41.0 Å². The van der Waals surface area contributed by atoms with Gasteiger partial charge in [0.05, 0.1) is 6.61 Å². The lowest BCUT2D eigenvalue weighted by Gasteiger charge is -2.32. The van der Waals surface area contributed by atoms with Crippen molar-refractivity contribution in [3.8, 4) is 0 Å². The lowest BCUT2D eigenvalue weighted by molar-refractivity contribution is 0.0777. The molecule has 0 fully saturated rings. The molecule has 3 heteroatoms. The van der Waals surface area contributed by atoms with E-state index >= 15 is 0 Å². The van der Waals surface area contributed by atoms with E-state index in [-0.39, 0.29) is 18.1 Å². The molecule has 0 aliphatic heterocycles. The first-order valence-electron chi connectivity index (χ1n) is 5.38. The molecule has 0 heterocycles. The van der Waals surface area contributed by atoms with E-state index in [1.807, 2.05) is 0 Å². The second-order valence-electron chi connectivity index (χ2n) is 5.70. The fourth-order valence-corrected chi connectivity index (χ4v) is 1.54. The number of rotatable bonds is 5. The summed E-state index contributed by atoms with van der Waals surface area (Å²) in [5.41, 5.74) is 0.180. The first kappa shape index (κ1) is 13.9. The predicted molar refractivity (Wildman–Crippen MR) is 60.7 cm³/mol. The molecular formula is C11H26N2O. The van der Waals surface area contributed by atoms with Crippen LogP contribution in [0.5, 0.6) is 0 Å². The Kier molecular flexibility index (Phi) is 5.64. The van der Waals surface area contributed by atoms with E-state index in [9.17, 15) is 5.11 Å². The summed E-state index contributed by atoms with van der Waals surface area (Å²) in [5, 5.41) is 11.0. The quantitative estimate of drug-likeness (QED) is 0.526. The summed E-state index contributed by atoms with van der Waals surface area (Å²) in [7, 11) is 0. The van der Waals surface area contributed by atoms with Gasteiger partial charge in [-0.1, -0.05) is 34.6 Å². The fourth-order valence-electron chi connectivity index (χ4n) is 1.54. The molecule has 0 unspecified atom stereocenters. The molecule has 0 spiro atoms. The normalized spacial score (nSPS) is 15.2. The van der Waals surface area contributed by atoms with Crippen LogP contribution < -0.4 is 5.84 Å². The third kappa shape index (κ3) is 6.35. The maximum atomic E-state index is 9.22. The van der Waals surface area contributed by atoms with E-state index in [2.05, 4.69) is 34.6 Å². The SMILES string of the molecule is CC(C)C[C@@H](CO)N(N)CC(C)(C)C. The van der Waals surface area contributed by atoms with Gasteiger partial charge in [0, 0.05) is 12.6 Å². The summed E-state index contributed by atoms with van der Waals surface area (Å²) in [5.74, 6) is 6.50. The molecule has 3 nitrogen and oxygen atoms in total. The molecule has 3 N–H and O–H groups in total. The average molecular weight is 202 g/mol. The smallest absolute Gasteiger partial charge is 0.0600 e. The van der Waals surface area contributed by atoms with Crippen molar-refractivity contribution in [2.45, 2.75) is 47.1 Å². The summed E-state index contributed by atoms with van der Waals surface area (Å²) >= 11 is 0. The van der Waals surface area contributed by atoms with Crippen LogP contribution in [0, 0.1) is 11.3 Å². The molecule has 0 radical (unpaired) electrons. The second-order valence-corrected chi connectivity index (χ2v) is 5.70. The number of hydrogen-bond donors (Lipinski definition) is 2. The highest BCUT2D eigenvalue weighted by molar-refractivity contribution is 4.73. The highest BCUT2D eigenvalue weighted by Gasteiger charge is 2.21. The van der Waals surface area contributed by atoms with Gasteiger partial charge in [0.25, 0.3) is 0 Å². The van der Waals surface area contributed by atoms with Crippen molar-refractivity contribution >= 4 is 0 Å². The van der Waals surface area contributed by atoms with Gasteiger partial charge in [-0.15, -0.1) is 0 Å². The Morgan fingerprint density at radius 3 is 2.07 bits per heavy atom. The number of nitrogens with two attached hydrogens (primary N) is 1. The molecule has 0 aliphatic rings. The Balaban J connectivity index is 4.10. The van der Waals surface area contributed by atoms with Crippen molar-refractivity contribution in [3.05, 3.63) is 0 Å². The summed E-state index contributed by atoms with van der Waals surface area (Å²) in [6.07, 6.45) is 0.948. The summed E-state index contributed by atoms with van der Waals surface area (Å²) in [6, 6.07) is 0.0919. The first-order valence-corrected chi connectivity index (χ1v) is 5.38. The van der Waals surface area contributed by atoms with Crippen LogP contribution in [0.25, 0.3) is 0 Å². The van der Waals surface area contributed by atoms with Crippen molar-refractivity contribution in [2.75, 3.05) is 13.2 Å². The highest BCUT2D eigenvalue weighted by atomic mass is 16.3. The third-order valence-corrected chi connectivity index (χ3v) is 2.08. The topological polar surface area (TPSA) is 49.5 Å². The maximum absolute atomic E-state index is 9.22. The van der Waals surface area contributed by atoms with Crippen LogP contribution in [0.2, 0.25) is 0 Å². The summed E-state index contributed by atoms with van der Waals surface area (Å²) in [4.78, 5) is 0. The van der Waals surface area contributed by atoms with Gasteiger partial charge >= 0.3 is 0 Å². The van der Waals surface area contributed by atoms with Crippen LogP contribution in [0.4, 0.5) is 0 Å². The van der Waals surface area contributed by atoms with E-state index in [0.29, 0.717) is 5.92 Å². The van der Waals surface area contributed by atoms with E-state index in [4.69, 9.17) is 5.84 Å². The summed E-state index contributed by atoms with van der Waals surface area (Å²) in [6.45, 7) is 11.7. The zero-order valence-corrected chi connectivity index (χ0v) is 10.2. The largest absolute Gasteiger partial charge is 0.395 e. The molecule has 0 saturated carbocycles. The Bertz CT molecular complexity index is 152. The van der Waals surface area contributed by atoms with E-state index in [1.165, 1.54) is 0 Å². The Morgan fingerprint density at radius 2 is 1.79 bits per heavy atom. The number of hydrazine groups is 1. The van der Waals surface area contributed by atoms with Crippen LogP contribution in [-0.4, -0.2) is 29.3 Å². The van der Waals surface area contributed by atoms with E-state index in [1.54, 1.807) is 5.01 Å². The van der Waals surface area contributed by atoms with Crippen LogP contribution in [0.15, 0.2) is 0 Å². The van der Waals surface area contributed by atoms with Crippen molar-refractivity contribution in [1.29, 1.82) is 0 Å². The van der Waals surface area contributed by atoms with Crippen LogP contribution in [-0.2, 0) is 0 Å². The molecule has 0 bridgehead atoms. The minimum atomic E-state index is 0.0919. The molecule has 0 aromatic heterocycles. The van der Waals surface area contributed by atoms with Gasteiger partial charge in [-0.05, 0) is 17.8 Å². The fraction of sp³-hybridized carbons (Fsp3) is 1.00. The molecule has 0 aromatic carbocycles. The monoisotopic (exact) mass is 202 g/mol. The van der Waals surface area contributed by atoms with Gasteiger partial charge in [-0.3, -0.25) is 5.84 Å². The molecule has 0 aliphatic carbocycles. The highest BCUT2D eigenvalue weighted by Crippen LogP contribution is 2.17. The molecular weight excluding hydrogens is 176 g/mol. The van der Waals surface area contributed by atoms with Crippen molar-refractivity contribution in [3.63, 3.8) is 0 Å². The second kappa shape index (κ2) is 5.69. The van der Waals surface area contributed by atoms with Gasteiger partial charge in [0.15, 0.2) is 0 Å². The van der Waals surface area contributed by atoms with Crippen molar-refractivity contribution in [1.82, 2.24) is 5.01 Å². The lowest BCUT2D eigenvalue weighted by atomic mass is 9.95. The van der Waals surface area contributed by atoms with Gasteiger partial charge < -0.3 is 5.11 Å². The molecule has 0 aromatic rings. The Hall–Kier alpha value is -0.120. The van der Waals surface area contributed by atoms with Crippen molar-refractivity contribution in [2.24, 2.45) is 17.2 Å². The number of aliphatic hydroxyl groups is 1. The molecule has 0 saturated heterocycles. The zero-order chi connectivity index (χ0) is 11.4. The molecule has 0 amide bonds. The molecule has 1 atom stereocenters. The molecule has 0 rings (SSSR count). The van der Waals surface area contributed by atoms with Crippen LogP contribution >= 0.6 is 0 Å². The van der Waals surface area contributed by atoms with Crippen LogP contribution in [0.3, 0.4) is 0 Å². The standard InChI is InChI=1S/C11H26N2O/c1-9(2)6-10(7-14)13(12)8-11(3,4)5/h9-10,14H,6-8,12H2,1-5H3/t10-/m0/s1. The van der Waals surface area contributed by atoms with Crippen molar-refractivity contribution < 1.29 is 5.11 Å². The molecule has 14 heavy (non-hydrogen) atoms. The number of aliphatic hydroxyl groups excluding tert-OH is 1. The van der Waals surface area contributed by atoms with Gasteiger partial charge in [0.2, 0.25) is 0 Å². The maximum Gasteiger partial charge on any atom is 0.0600 e. The summed E-state index contributed by atoms with van der Waals surface area (Å²) < 4.78 is 0. The van der Waals surface area contributed by atoms with Gasteiger partial charge in [0.1, 0.15) is 0 Å². The zero-order valence-electron chi connectivity index (χ0n) is 10.2. The van der Waals surface area contributed by atoms with E-state index in [0.717, 1.165) is 13.0 Å². The minimum Gasteiger partial charge on any atom is -0.395 e. The first-order chi connectivity index (χ1) is 6.26. The predicted octanol–water partition coefficient (Wildman–Crippen LogP) is 1.62. The number of nitrogens with zero attached hydrogens (tertiary/aromatic N) is 1. The molecule has 86 valence electrons. The third-order valence-electron chi connectivity index (χ3n) is 2.08. The number of hydrogen-bond acceptors (Lipinski definition) is 3. The van der Waals surface area contributed by atoms with E-state index < -0.39 is 0 Å². The van der Waals surface area contributed by atoms with Gasteiger partial charge in [-0.25, -0.2) is 5.01 Å². The Morgan fingerprint density at radius 1 is 1.29 bits per heavy atom. The Labute approximate surface area is 88.3 Å². The lowest BCUT2D eigenvalue weighted by Crippen LogP contribution is -2.47.